The first-order chi connectivity index (χ1) is 13.8. The van der Waals surface area contributed by atoms with Crippen molar-refractivity contribution in [2.45, 2.75) is 13.1 Å². The number of nitrogens with one attached hydrogen (secondary N) is 2. The summed E-state index contributed by atoms with van der Waals surface area (Å²) < 4.78 is 8.86. The van der Waals surface area contributed by atoms with Gasteiger partial charge in [-0.1, -0.05) is 6.07 Å². The normalized spacial score (nSPS) is 11.1. The molecule has 4 aromatic rings. The summed E-state index contributed by atoms with van der Waals surface area (Å²) in [4.78, 5) is 13.3. The van der Waals surface area contributed by atoms with Gasteiger partial charge in [-0.25, -0.2) is 20.8 Å². The van der Waals surface area contributed by atoms with E-state index in [1.165, 1.54) is 0 Å². The van der Waals surface area contributed by atoms with Crippen molar-refractivity contribution in [1.29, 1.82) is 0 Å². The van der Waals surface area contributed by atoms with Crippen LogP contribution in [-0.2, 0) is 17.8 Å². The highest BCUT2D eigenvalue weighted by Gasteiger charge is 2.10. The van der Waals surface area contributed by atoms with Crippen molar-refractivity contribution in [2.24, 2.45) is 5.84 Å². The summed E-state index contributed by atoms with van der Waals surface area (Å²) >= 11 is 0. The molecule has 10 heteroatoms. The lowest BCUT2D eigenvalue weighted by Gasteiger charge is -2.11. The van der Waals surface area contributed by atoms with Crippen LogP contribution in [0.25, 0.3) is 16.9 Å². The molecule has 28 heavy (non-hydrogen) atoms. The lowest BCUT2D eigenvalue weighted by Crippen LogP contribution is -2.13. The summed E-state index contributed by atoms with van der Waals surface area (Å²) in [5, 5.41) is 7.61. The summed E-state index contributed by atoms with van der Waals surface area (Å²) in [7, 11) is 1.66. The molecule has 0 saturated carbocycles. The number of hydrazine groups is 1. The number of hydrogen-bond donors (Lipinski definition) is 3. The van der Waals surface area contributed by atoms with E-state index in [4.69, 9.17) is 10.6 Å². The molecule has 4 N–H and O–H groups in total. The van der Waals surface area contributed by atoms with Crippen LogP contribution >= 0.6 is 0 Å². The number of nitrogens with two attached hydrogens (primary N) is 1. The molecule has 0 aliphatic heterocycles. The van der Waals surface area contributed by atoms with Crippen molar-refractivity contribution in [1.82, 2.24) is 29.1 Å². The van der Waals surface area contributed by atoms with E-state index in [0.29, 0.717) is 37.0 Å². The average Bonchev–Trinajstić information content (AvgIpc) is 3.39. The highest BCUT2D eigenvalue weighted by molar-refractivity contribution is 5.65. The topological polar surface area (TPSA) is 120 Å². The van der Waals surface area contributed by atoms with Crippen LogP contribution in [-0.4, -0.2) is 42.8 Å². The van der Waals surface area contributed by atoms with Gasteiger partial charge in [0, 0.05) is 44.0 Å². The molecular formula is C18H21N9O. The maximum absolute atomic E-state index is 5.59. The molecule has 0 amide bonds. The van der Waals surface area contributed by atoms with Gasteiger partial charge < -0.3 is 19.9 Å². The Kier molecular flexibility index (Phi) is 5.13. The Hall–Kier alpha value is -3.50. The molecule has 10 nitrogen and oxygen atoms in total. The Labute approximate surface area is 161 Å². The van der Waals surface area contributed by atoms with Crippen LogP contribution in [0, 0.1) is 0 Å². The molecule has 0 atom stereocenters. The van der Waals surface area contributed by atoms with E-state index >= 15 is 0 Å². The van der Waals surface area contributed by atoms with Crippen LogP contribution in [0.15, 0.2) is 49.3 Å². The lowest BCUT2D eigenvalue weighted by atomic mass is 10.2. The van der Waals surface area contributed by atoms with Crippen molar-refractivity contribution in [3.8, 4) is 11.3 Å². The molecule has 0 fully saturated rings. The SMILES string of the molecule is COCCn1cc(-c2cnc(NN)c(NCc3ccc4nccn4c3)n2)cn1. The molecular weight excluding hydrogens is 358 g/mol. The van der Waals surface area contributed by atoms with Gasteiger partial charge in [-0.15, -0.1) is 0 Å². The van der Waals surface area contributed by atoms with E-state index in [1.807, 2.05) is 39.8 Å². The van der Waals surface area contributed by atoms with E-state index in [1.54, 1.807) is 25.7 Å². The number of aromatic nitrogens is 6. The zero-order valence-corrected chi connectivity index (χ0v) is 15.4. The van der Waals surface area contributed by atoms with Crippen molar-refractivity contribution in [2.75, 3.05) is 24.5 Å². The van der Waals surface area contributed by atoms with Crippen LogP contribution in [0.3, 0.4) is 0 Å². The number of pyridine rings is 1. The smallest absolute Gasteiger partial charge is 0.183 e. The molecule has 0 bridgehead atoms. The Morgan fingerprint density at radius 2 is 2.07 bits per heavy atom. The molecule has 144 valence electrons. The summed E-state index contributed by atoms with van der Waals surface area (Å²) in [6.45, 7) is 1.83. The summed E-state index contributed by atoms with van der Waals surface area (Å²) in [5.74, 6) is 6.63. The largest absolute Gasteiger partial charge is 0.383 e. The Bertz CT molecular complexity index is 1070. The maximum Gasteiger partial charge on any atom is 0.183 e. The Balaban J connectivity index is 1.53. The number of fused-ring (bicyclic) bond motifs is 1. The van der Waals surface area contributed by atoms with Gasteiger partial charge >= 0.3 is 0 Å². The second-order valence-electron chi connectivity index (χ2n) is 6.17. The van der Waals surface area contributed by atoms with Crippen molar-refractivity contribution < 1.29 is 4.74 Å². The van der Waals surface area contributed by atoms with Crippen LogP contribution in [0.2, 0.25) is 0 Å². The van der Waals surface area contributed by atoms with Crippen LogP contribution < -0.4 is 16.6 Å². The van der Waals surface area contributed by atoms with Gasteiger partial charge in [0.05, 0.1) is 31.2 Å². The number of nitrogen functional groups attached to an aromatic ring is 1. The van der Waals surface area contributed by atoms with E-state index in [9.17, 15) is 0 Å². The first-order valence-corrected chi connectivity index (χ1v) is 8.77. The van der Waals surface area contributed by atoms with Crippen LogP contribution in [0.4, 0.5) is 11.6 Å². The minimum Gasteiger partial charge on any atom is -0.383 e. The maximum atomic E-state index is 5.59. The molecule has 0 saturated heterocycles. The van der Waals surface area contributed by atoms with Gasteiger partial charge in [-0.05, 0) is 11.6 Å². The molecule has 4 rings (SSSR count). The third-order valence-electron chi connectivity index (χ3n) is 4.27. The van der Waals surface area contributed by atoms with Gasteiger partial charge in [0.15, 0.2) is 11.6 Å². The molecule has 0 aliphatic carbocycles. The van der Waals surface area contributed by atoms with Gasteiger partial charge in [-0.3, -0.25) is 4.68 Å². The van der Waals surface area contributed by atoms with E-state index in [0.717, 1.165) is 16.8 Å². The number of ether oxygens (including phenoxy) is 1. The fourth-order valence-electron chi connectivity index (χ4n) is 2.82. The van der Waals surface area contributed by atoms with E-state index in [2.05, 4.69) is 30.8 Å². The fourth-order valence-corrected chi connectivity index (χ4v) is 2.82. The first kappa shape index (κ1) is 17.9. The van der Waals surface area contributed by atoms with Crippen molar-refractivity contribution in [3.63, 3.8) is 0 Å². The number of imidazole rings is 1. The molecule has 0 unspecified atom stereocenters. The summed E-state index contributed by atoms with van der Waals surface area (Å²) in [5.41, 5.74) is 6.13. The summed E-state index contributed by atoms with van der Waals surface area (Å²) in [6, 6.07) is 3.98. The van der Waals surface area contributed by atoms with Crippen molar-refractivity contribution >= 4 is 17.3 Å². The minimum absolute atomic E-state index is 0.472. The highest BCUT2D eigenvalue weighted by Crippen LogP contribution is 2.22. The van der Waals surface area contributed by atoms with Gasteiger partial charge in [-0.2, -0.15) is 5.10 Å². The molecule has 0 aliphatic rings. The monoisotopic (exact) mass is 379 g/mol. The quantitative estimate of drug-likeness (QED) is 0.311. The Morgan fingerprint density at radius 1 is 1.14 bits per heavy atom. The lowest BCUT2D eigenvalue weighted by molar-refractivity contribution is 0.183. The molecule has 4 heterocycles. The number of anilines is 2. The van der Waals surface area contributed by atoms with Gasteiger partial charge in [0.2, 0.25) is 0 Å². The van der Waals surface area contributed by atoms with E-state index < -0.39 is 0 Å². The molecule has 0 radical (unpaired) electrons. The number of nitrogens with zero attached hydrogens (tertiary/aromatic N) is 6. The number of rotatable bonds is 8. The van der Waals surface area contributed by atoms with Crippen molar-refractivity contribution in [3.05, 3.63) is 54.9 Å². The third kappa shape index (κ3) is 3.77. The predicted octanol–water partition coefficient (Wildman–Crippen LogP) is 1.53. The molecule has 0 aromatic carbocycles. The standard InChI is InChI=1S/C18H21N9O/c1-28-7-6-27-12-14(9-23-27)15-10-22-18(25-19)17(24-15)21-8-13-2-3-16-20-4-5-26(16)11-13/h2-5,9-12H,6-8,19H2,1H3,(H,21,24)(H,22,25). The second-order valence-corrected chi connectivity index (χ2v) is 6.17. The zero-order chi connectivity index (χ0) is 19.3. The van der Waals surface area contributed by atoms with Gasteiger partial charge in [0.1, 0.15) is 5.65 Å². The fraction of sp³-hybridized carbons (Fsp3) is 0.222. The average molecular weight is 379 g/mol. The Morgan fingerprint density at radius 3 is 2.93 bits per heavy atom. The second kappa shape index (κ2) is 8.03. The minimum atomic E-state index is 0.472. The van der Waals surface area contributed by atoms with Crippen LogP contribution in [0.5, 0.6) is 0 Å². The molecule has 0 spiro atoms. The number of hydrogen-bond acceptors (Lipinski definition) is 8. The third-order valence-corrected chi connectivity index (χ3v) is 4.27. The van der Waals surface area contributed by atoms with E-state index in [-0.39, 0.29) is 0 Å². The first-order valence-electron chi connectivity index (χ1n) is 8.77. The highest BCUT2D eigenvalue weighted by atomic mass is 16.5. The predicted molar refractivity (Wildman–Crippen MR) is 105 cm³/mol. The van der Waals surface area contributed by atoms with Crippen LogP contribution in [0.1, 0.15) is 5.56 Å². The summed E-state index contributed by atoms with van der Waals surface area (Å²) in [6.07, 6.45) is 11.0. The molecule has 4 aromatic heterocycles. The van der Waals surface area contributed by atoms with Gasteiger partial charge in [0.25, 0.3) is 0 Å². The number of methoxy groups -OCH3 is 1. The zero-order valence-electron chi connectivity index (χ0n) is 15.4.